The molecule has 0 bridgehead atoms. The normalized spacial score (nSPS) is 11.2. The van der Waals surface area contributed by atoms with Gasteiger partial charge in [0.15, 0.2) is 0 Å². The van der Waals surface area contributed by atoms with E-state index in [1.54, 1.807) is 19.1 Å². The maximum Gasteiger partial charge on any atom is 0.271 e. The summed E-state index contributed by atoms with van der Waals surface area (Å²) in [6.45, 7) is 3.56. The van der Waals surface area contributed by atoms with Crippen LogP contribution >= 0.6 is 0 Å². The van der Waals surface area contributed by atoms with Crippen LogP contribution in [0.25, 0.3) is 0 Å². The number of sulfonamides is 1. The van der Waals surface area contributed by atoms with E-state index in [0.29, 0.717) is 12.4 Å². The lowest BCUT2D eigenvalue weighted by molar-refractivity contribution is -0.384. The molecule has 9 nitrogen and oxygen atoms in total. The van der Waals surface area contributed by atoms with Crippen LogP contribution in [-0.4, -0.2) is 43.2 Å². The molecule has 2 aromatic carbocycles. The van der Waals surface area contributed by atoms with Crippen LogP contribution < -0.4 is 10.1 Å². The minimum absolute atomic E-state index is 0.0425. The van der Waals surface area contributed by atoms with E-state index in [9.17, 15) is 23.3 Å². The third-order valence-corrected chi connectivity index (χ3v) is 5.72. The van der Waals surface area contributed by atoms with E-state index in [1.807, 2.05) is 6.92 Å². The number of rotatable bonds is 9. The quantitative estimate of drug-likeness (QED) is 0.504. The molecule has 150 valence electrons. The zero-order valence-corrected chi connectivity index (χ0v) is 16.3. The van der Waals surface area contributed by atoms with Crippen LogP contribution in [0, 0.1) is 10.1 Å². The highest BCUT2D eigenvalue weighted by Gasteiger charge is 2.25. The van der Waals surface area contributed by atoms with Gasteiger partial charge in [0.05, 0.1) is 23.0 Å². The van der Waals surface area contributed by atoms with Crippen molar-refractivity contribution in [2.45, 2.75) is 18.7 Å². The van der Waals surface area contributed by atoms with Gasteiger partial charge in [0.25, 0.3) is 5.69 Å². The summed E-state index contributed by atoms with van der Waals surface area (Å²) in [5.41, 5.74) is 0.0425. The molecule has 0 saturated carbocycles. The van der Waals surface area contributed by atoms with Crippen LogP contribution in [-0.2, 0) is 14.8 Å². The number of nitrogens with one attached hydrogen (secondary N) is 1. The Balaban J connectivity index is 2.12. The van der Waals surface area contributed by atoms with E-state index in [1.165, 1.54) is 36.4 Å². The summed E-state index contributed by atoms with van der Waals surface area (Å²) in [6, 6.07) is 11.4. The smallest absolute Gasteiger partial charge is 0.271 e. The number of carbonyl (C=O) groups is 1. The Labute approximate surface area is 163 Å². The maximum absolute atomic E-state index is 12.8. The lowest BCUT2D eigenvalue weighted by Crippen LogP contribution is -2.37. The van der Waals surface area contributed by atoms with Gasteiger partial charge in [-0.25, -0.2) is 8.42 Å². The molecule has 0 unspecified atom stereocenters. The summed E-state index contributed by atoms with van der Waals surface area (Å²) < 4.78 is 31.9. The highest BCUT2D eigenvalue weighted by atomic mass is 32.2. The van der Waals surface area contributed by atoms with Gasteiger partial charge < -0.3 is 10.1 Å². The highest BCUT2D eigenvalue weighted by molar-refractivity contribution is 7.89. The number of amides is 1. The summed E-state index contributed by atoms with van der Waals surface area (Å²) in [6.07, 6.45) is 0. The van der Waals surface area contributed by atoms with Crippen molar-refractivity contribution in [2.24, 2.45) is 0 Å². The fourth-order valence-electron chi connectivity index (χ4n) is 2.45. The lowest BCUT2D eigenvalue weighted by Gasteiger charge is -2.20. The molecule has 0 aliphatic heterocycles. The van der Waals surface area contributed by atoms with E-state index in [2.05, 4.69) is 5.32 Å². The summed E-state index contributed by atoms with van der Waals surface area (Å²) in [5.74, 6) is -0.0511. The van der Waals surface area contributed by atoms with Gasteiger partial charge in [0.2, 0.25) is 15.9 Å². The summed E-state index contributed by atoms with van der Waals surface area (Å²) in [7, 11) is -3.88. The Morgan fingerprint density at radius 1 is 1.18 bits per heavy atom. The van der Waals surface area contributed by atoms with Crippen LogP contribution in [0.5, 0.6) is 5.75 Å². The minimum atomic E-state index is -3.88. The number of nitro groups is 1. The van der Waals surface area contributed by atoms with Crippen LogP contribution in [0.15, 0.2) is 53.4 Å². The molecule has 0 fully saturated rings. The molecule has 1 N–H and O–H groups in total. The van der Waals surface area contributed by atoms with Crippen molar-refractivity contribution in [2.75, 3.05) is 25.0 Å². The van der Waals surface area contributed by atoms with E-state index < -0.39 is 27.4 Å². The largest absolute Gasteiger partial charge is 0.494 e. The monoisotopic (exact) mass is 407 g/mol. The standard InChI is InChI=1S/C18H21N3O6S/c1-3-20(28(25,26)17-10-8-16(9-11-17)27-4-2)13-18(22)19-14-6-5-7-15(12-14)21(23)24/h5-12H,3-4,13H2,1-2H3,(H,19,22). The van der Waals surface area contributed by atoms with Crippen LogP contribution in [0.4, 0.5) is 11.4 Å². The fraction of sp³-hybridized carbons (Fsp3) is 0.278. The van der Waals surface area contributed by atoms with Gasteiger partial charge in [0.1, 0.15) is 5.75 Å². The second kappa shape index (κ2) is 9.29. The number of ether oxygens (including phenoxy) is 1. The molecule has 0 atom stereocenters. The van der Waals surface area contributed by atoms with Gasteiger partial charge in [-0.3, -0.25) is 14.9 Å². The van der Waals surface area contributed by atoms with Gasteiger partial charge in [-0.2, -0.15) is 4.31 Å². The molecule has 28 heavy (non-hydrogen) atoms. The lowest BCUT2D eigenvalue weighted by atomic mass is 10.3. The number of benzene rings is 2. The number of likely N-dealkylation sites (N-methyl/N-ethyl adjacent to an activating group) is 1. The minimum Gasteiger partial charge on any atom is -0.494 e. The Morgan fingerprint density at radius 2 is 1.86 bits per heavy atom. The molecule has 10 heteroatoms. The Hall–Kier alpha value is -2.98. The van der Waals surface area contributed by atoms with Crippen molar-refractivity contribution in [1.29, 1.82) is 0 Å². The van der Waals surface area contributed by atoms with Crippen LogP contribution in [0.3, 0.4) is 0 Å². The van der Waals surface area contributed by atoms with Gasteiger partial charge in [-0.1, -0.05) is 13.0 Å². The zero-order valence-electron chi connectivity index (χ0n) is 15.5. The number of hydrogen-bond acceptors (Lipinski definition) is 6. The Kier molecular flexibility index (Phi) is 7.07. The first-order chi connectivity index (χ1) is 13.3. The van der Waals surface area contributed by atoms with Crippen molar-refractivity contribution in [3.63, 3.8) is 0 Å². The zero-order chi connectivity index (χ0) is 20.7. The van der Waals surface area contributed by atoms with Crippen molar-refractivity contribution in [3.05, 3.63) is 58.6 Å². The van der Waals surface area contributed by atoms with Crippen LogP contribution in [0.1, 0.15) is 13.8 Å². The predicted molar refractivity (Wildman–Crippen MR) is 104 cm³/mol. The first kappa shape index (κ1) is 21.3. The van der Waals surface area contributed by atoms with E-state index in [0.717, 1.165) is 4.31 Å². The van der Waals surface area contributed by atoms with E-state index in [4.69, 9.17) is 4.74 Å². The molecule has 0 aliphatic carbocycles. The molecular formula is C18H21N3O6S. The first-order valence-electron chi connectivity index (χ1n) is 8.55. The second-order valence-corrected chi connectivity index (χ2v) is 7.63. The topological polar surface area (TPSA) is 119 Å². The van der Waals surface area contributed by atoms with Gasteiger partial charge in [-0.05, 0) is 37.3 Å². The summed E-state index contributed by atoms with van der Waals surface area (Å²) >= 11 is 0. The molecule has 0 saturated heterocycles. The number of non-ortho nitro benzene ring substituents is 1. The molecule has 0 heterocycles. The van der Waals surface area contributed by atoms with Crippen molar-refractivity contribution in [3.8, 4) is 5.75 Å². The Bertz CT molecular complexity index is 944. The molecule has 2 rings (SSSR count). The molecule has 0 aromatic heterocycles. The number of anilines is 1. The number of carbonyl (C=O) groups excluding carboxylic acids is 1. The fourth-order valence-corrected chi connectivity index (χ4v) is 3.85. The highest BCUT2D eigenvalue weighted by Crippen LogP contribution is 2.20. The number of nitro benzene ring substituents is 1. The third kappa shape index (κ3) is 5.27. The van der Waals surface area contributed by atoms with Crippen molar-refractivity contribution in [1.82, 2.24) is 4.31 Å². The van der Waals surface area contributed by atoms with Gasteiger partial charge >= 0.3 is 0 Å². The van der Waals surface area contributed by atoms with Crippen molar-refractivity contribution >= 4 is 27.3 Å². The molecule has 2 aromatic rings. The van der Waals surface area contributed by atoms with Crippen LogP contribution in [0.2, 0.25) is 0 Å². The third-order valence-electron chi connectivity index (χ3n) is 3.79. The maximum atomic E-state index is 12.8. The molecular weight excluding hydrogens is 386 g/mol. The average molecular weight is 407 g/mol. The molecule has 1 amide bonds. The molecule has 0 aliphatic rings. The Morgan fingerprint density at radius 3 is 2.43 bits per heavy atom. The SMILES string of the molecule is CCOc1ccc(S(=O)(=O)N(CC)CC(=O)Nc2cccc([N+](=O)[O-])c2)cc1. The molecule has 0 radical (unpaired) electrons. The average Bonchev–Trinajstić information content (AvgIpc) is 2.67. The summed E-state index contributed by atoms with van der Waals surface area (Å²) in [5, 5.41) is 13.3. The second-order valence-electron chi connectivity index (χ2n) is 5.69. The number of nitrogens with zero attached hydrogens (tertiary/aromatic N) is 2. The first-order valence-corrected chi connectivity index (χ1v) is 9.99. The van der Waals surface area contributed by atoms with E-state index in [-0.39, 0.29) is 22.8 Å². The van der Waals surface area contributed by atoms with Gasteiger partial charge in [0, 0.05) is 24.4 Å². The van der Waals surface area contributed by atoms with Crippen molar-refractivity contribution < 1.29 is 22.9 Å². The summed E-state index contributed by atoms with van der Waals surface area (Å²) in [4.78, 5) is 22.5. The predicted octanol–water partition coefficient (Wildman–Crippen LogP) is 2.64. The molecule has 0 spiro atoms. The van der Waals surface area contributed by atoms with E-state index >= 15 is 0 Å². The van der Waals surface area contributed by atoms with Gasteiger partial charge in [-0.15, -0.1) is 0 Å². The number of hydrogen-bond donors (Lipinski definition) is 1.